The topological polar surface area (TPSA) is 84.2 Å². The smallest absolute Gasteiger partial charge is 0.244 e. The van der Waals surface area contributed by atoms with Gasteiger partial charge in [0.15, 0.2) is 0 Å². The number of furan rings is 1. The lowest BCUT2D eigenvalue weighted by atomic mass is 10.3. The van der Waals surface area contributed by atoms with Gasteiger partial charge in [0.25, 0.3) is 0 Å². The van der Waals surface area contributed by atoms with Crippen LogP contribution in [0.25, 0.3) is 0 Å². The van der Waals surface area contributed by atoms with Crippen molar-refractivity contribution in [3.8, 4) is 0 Å². The number of anilines is 1. The van der Waals surface area contributed by atoms with Gasteiger partial charge in [-0.2, -0.15) is 0 Å². The maximum Gasteiger partial charge on any atom is 0.244 e. The Morgan fingerprint density at radius 1 is 1.35 bits per heavy atom. The SMILES string of the molecule is CCNc1ccncc1S(=O)(=O)NCCc1ccco1. The summed E-state index contributed by atoms with van der Waals surface area (Å²) in [7, 11) is -3.58. The third kappa shape index (κ3) is 3.58. The van der Waals surface area contributed by atoms with Crippen LogP contribution in [-0.4, -0.2) is 26.5 Å². The molecule has 0 radical (unpaired) electrons. The standard InChI is InChI=1S/C13H17N3O3S/c1-2-15-12-6-7-14-10-13(12)20(17,18)16-8-5-11-4-3-9-19-11/h3-4,6-7,9-10,16H,2,5,8H2,1H3,(H,14,15). The van der Waals surface area contributed by atoms with E-state index in [-0.39, 0.29) is 11.4 Å². The highest BCUT2D eigenvalue weighted by Gasteiger charge is 2.18. The van der Waals surface area contributed by atoms with Gasteiger partial charge < -0.3 is 9.73 Å². The van der Waals surface area contributed by atoms with E-state index >= 15 is 0 Å². The van der Waals surface area contributed by atoms with Crippen LogP contribution in [0, 0.1) is 0 Å². The van der Waals surface area contributed by atoms with E-state index in [9.17, 15) is 8.42 Å². The Bertz CT molecular complexity index is 639. The number of nitrogens with one attached hydrogen (secondary N) is 2. The minimum atomic E-state index is -3.58. The molecule has 0 saturated heterocycles. The molecule has 0 saturated carbocycles. The molecule has 20 heavy (non-hydrogen) atoms. The largest absolute Gasteiger partial charge is 0.469 e. The van der Waals surface area contributed by atoms with Gasteiger partial charge in [-0.25, -0.2) is 13.1 Å². The van der Waals surface area contributed by atoms with Crippen molar-refractivity contribution in [3.05, 3.63) is 42.6 Å². The van der Waals surface area contributed by atoms with Crippen molar-refractivity contribution < 1.29 is 12.8 Å². The first kappa shape index (κ1) is 14.5. The zero-order valence-electron chi connectivity index (χ0n) is 11.2. The summed E-state index contributed by atoms with van der Waals surface area (Å²) in [5, 5.41) is 3.01. The first-order valence-electron chi connectivity index (χ1n) is 6.33. The third-order valence-corrected chi connectivity index (χ3v) is 4.17. The molecule has 2 rings (SSSR count). The number of hydrogen-bond acceptors (Lipinski definition) is 5. The molecule has 0 unspecified atom stereocenters. The molecule has 0 amide bonds. The van der Waals surface area contributed by atoms with Crippen LogP contribution in [0.15, 0.2) is 46.2 Å². The second-order valence-electron chi connectivity index (χ2n) is 4.13. The van der Waals surface area contributed by atoms with Gasteiger partial charge >= 0.3 is 0 Å². The van der Waals surface area contributed by atoms with Crippen LogP contribution >= 0.6 is 0 Å². The molecule has 0 bridgehead atoms. The summed E-state index contributed by atoms with van der Waals surface area (Å²) in [6.07, 6.45) is 4.96. The van der Waals surface area contributed by atoms with Gasteiger partial charge in [0.2, 0.25) is 10.0 Å². The molecule has 0 atom stereocenters. The minimum absolute atomic E-state index is 0.154. The minimum Gasteiger partial charge on any atom is -0.469 e. The Morgan fingerprint density at radius 2 is 2.20 bits per heavy atom. The van der Waals surface area contributed by atoms with E-state index in [2.05, 4.69) is 15.0 Å². The van der Waals surface area contributed by atoms with Gasteiger partial charge in [0, 0.05) is 31.9 Å². The number of hydrogen-bond donors (Lipinski definition) is 2. The molecular formula is C13H17N3O3S. The molecule has 0 aliphatic heterocycles. The molecule has 0 aliphatic carbocycles. The Hall–Kier alpha value is -1.86. The fourth-order valence-corrected chi connectivity index (χ4v) is 2.93. The summed E-state index contributed by atoms with van der Waals surface area (Å²) in [6.45, 7) is 2.82. The average molecular weight is 295 g/mol. The zero-order chi connectivity index (χ0) is 14.4. The van der Waals surface area contributed by atoms with E-state index in [1.807, 2.05) is 13.0 Å². The molecule has 7 heteroatoms. The van der Waals surface area contributed by atoms with Gasteiger partial charge in [-0.05, 0) is 25.1 Å². The summed E-state index contributed by atoms with van der Waals surface area (Å²) >= 11 is 0. The highest BCUT2D eigenvalue weighted by Crippen LogP contribution is 2.18. The molecule has 2 N–H and O–H groups in total. The van der Waals surface area contributed by atoms with Crippen LogP contribution in [0.5, 0.6) is 0 Å². The Labute approximate surface area is 118 Å². The van der Waals surface area contributed by atoms with Gasteiger partial charge in [-0.3, -0.25) is 4.98 Å². The van der Waals surface area contributed by atoms with Crippen LogP contribution in [0.1, 0.15) is 12.7 Å². The van der Waals surface area contributed by atoms with Crippen molar-refractivity contribution in [2.75, 3.05) is 18.4 Å². The lowest BCUT2D eigenvalue weighted by molar-refractivity contribution is 0.506. The van der Waals surface area contributed by atoms with Crippen LogP contribution < -0.4 is 10.0 Å². The van der Waals surface area contributed by atoms with Gasteiger partial charge in [-0.1, -0.05) is 0 Å². The van der Waals surface area contributed by atoms with E-state index in [4.69, 9.17) is 4.42 Å². The van der Waals surface area contributed by atoms with E-state index in [1.165, 1.54) is 6.20 Å². The summed E-state index contributed by atoms with van der Waals surface area (Å²) < 4.78 is 32.2. The molecule has 2 aromatic rings. The predicted octanol–water partition coefficient (Wildman–Crippen LogP) is 1.63. The van der Waals surface area contributed by atoms with Gasteiger partial charge in [0.05, 0.1) is 12.0 Å². The molecule has 2 heterocycles. The van der Waals surface area contributed by atoms with Crippen molar-refractivity contribution >= 4 is 15.7 Å². The fourth-order valence-electron chi connectivity index (χ4n) is 1.77. The van der Waals surface area contributed by atoms with E-state index in [0.717, 1.165) is 5.76 Å². The van der Waals surface area contributed by atoms with E-state index in [1.54, 1.807) is 24.6 Å². The molecule has 2 aromatic heterocycles. The van der Waals surface area contributed by atoms with E-state index < -0.39 is 10.0 Å². The molecular weight excluding hydrogens is 278 g/mol. The van der Waals surface area contributed by atoms with Gasteiger partial charge in [0.1, 0.15) is 10.7 Å². The molecule has 108 valence electrons. The van der Waals surface area contributed by atoms with Crippen molar-refractivity contribution in [3.63, 3.8) is 0 Å². The monoisotopic (exact) mass is 295 g/mol. The molecule has 0 fully saturated rings. The normalized spacial score (nSPS) is 11.4. The Balaban J connectivity index is 2.06. The molecule has 0 spiro atoms. The van der Waals surface area contributed by atoms with Crippen molar-refractivity contribution in [2.45, 2.75) is 18.2 Å². The highest BCUT2D eigenvalue weighted by molar-refractivity contribution is 7.89. The van der Waals surface area contributed by atoms with Crippen LogP contribution in [0.4, 0.5) is 5.69 Å². The lowest BCUT2D eigenvalue weighted by Crippen LogP contribution is -2.27. The first-order chi connectivity index (χ1) is 9.63. The predicted molar refractivity (Wildman–Crippen MR) is 76.0 cm³/mol. The number of sulfonamides is 1. The zero-order valence-corrected chi connectivity index (χ0v) is 12.0. The molecule has 0 aliphatic rings. The van der Waals surface area contributed by atoms with Crippen molar-refractivity contribution in [1.82, 2.24) is 9.71 Å². The number of pyridine rings is 1. The first-order valence-corrected chi connectivity index (χ1v) is 7.81. The average Bonchev–Trinajstić information content (AvgIpc) is 2.92. The quantitative estimate of drug-likeness (QED) is 0.811. The summed E-state index contributed by atoms with van der Waals surface area (Å²) in [4.78, 5) is 4.03. The van der Waals surface area contributed by atoms with Crippen LogP contribution in [0.3, 0.4) is 0 Å². The summed E-state index contributed by atoms with van der Waals surface area (Å²) in [5.74, 6) is 0.741. The number of nitrogens with zero attached hydrogens (tertiary/aromatic N) is 1. The summed E-state index contributed by atoms with van der Waals surface area (Å²) in [5.41, 5.74) is 0.549. The number of rotatable bonds is 7. The van der Waals surface area contributed by atoms with Crippen molar-refractivity contribution in [2.24, 2.45) is 0 Å². The molecule has 0 aromatic carbocycles. The Morgan fingerprint density at radius 3 is 2.90 bits per heavy atom. The van der Waals surface area contributed by atoms with Crippen molar-refractivity contribution in [1.29, 1.82) is 0 Å². The second-order valence-corrected chi connectivity index (χ2v) is 5.86. The fraction of sp³-hybridized carbons (Fsp3) is 0.308. The molecule has 6 nitrogen and oxygen atoms in total. The highest BCUT2D eigenvalue weighted by atomic mass is 32.2. The van der Waals surface area contributed by atoms with Crippen LogP contribution in [-0.2, 0) is 16.4 Å². The lowest BCUT2D eigenvalue weighted by Gasteiger charge is -2.11. The third-order valence-electron chi connectivity index (χ3n) is 2.68. The maximum atomic E-state index is 12.2. The number of aromatic nitrogens is 1. The summed E-state index contributed by atoms with van der Waals surface area (Å²) in [6, 6.07) is 5.22. The maximum absolute atomic E-state index is 12.2. The van der Waals surface area contributed by atoms with E-state index in [0.29, 0.717) is 18.7 Å². The van der Waals surface area contributed by atoms with Gasteiger partial charge in [-0.15, -0.1) is 0 Å². The second kappa shape index (κ2) is 6.53. The van der Waals surface area contributed by atoms with Crippen LogP contribution in [0.2, 0.25) is 0 Å². The Kier molecular flexibility index (Phi) is 4.75.